The average Bonchev–Trinajstić information content (AvgIpc) is 3.03. The molecule has 0 atom stereocenters. The molecule has 0 aliphatic rings. The molecule has 0 unspecified atom stereocenters. The van der Waals surface area contributed by atoms with Gasteiger partial charge in [-0.25, -0.2) is 8.42 Å². The number of azo groups is 1. The second-order valence-corrected chi connectivity index (χ2v) is 10.7. The number of hydrogen-bond acceptors (Lipinski definition) is 9. The van der Waals surface area contributed by atoms with Gasteiger partial charge in [-0.05, 0) is 49.7 Å². The summed E-state index contributed by atoms with van der Waals surface area (Å²) in [5.41, 5.74) is 0.722. The Morgan fingerprint density at radius 3 is 2.35 bits per heavy atom. The van der Waals surface area contributed by atoms with E-state index in [9.17, 15) is 26.5 Å². The van der Waals surface area contributed by atoms with Gasteiger partial charge in [0.15, 0.2) is 15.5 Å². The molecule has 3 rings (SSSR count). The third-order valence-corrected chi connectivity index (χ3v) is 7.17. The molecule has 2 N–H and O–H groups in total. The normalized spacial score (nSPS) is 12.3. The number of hydrogen-bond donors (Lipinski definition) is 2. The number of halogens is 1. The molecular weight excluding hydrogens is 508 g/mol. The third-order valence-electron chi connectivity index (χ3n) is 4.70. The smallest absolute Gasteiger partial charge is 0.294 e. The van der Waals surface area contributed by atoms with Gasteiger partial charge in [-0.1, -0.05) is 18.2 Å². The molecular formula is C20H19ClN4O7S2. The Kier molecular flexibility index (Phi) is 6.85. The van der Waals surface area contributed by atoms with Gasteiger partial charge in [0, 0.05) is 5.41 Å². The standard InChI is InChI=1S/C20H19ClN4O7S2/c1-5-33(27,28)13-6-7-17(32-4)16(10-13)22-23-18-12(3)24-25(20(18)26)19-11(2)8-14(9-15(19)21)34(29,30)31/h5-10,26H,1H2,2-4H3,(H,29,30,31). The lowest BCUT2D eigenvalue weighted by atomic mass is 10.2. The lowest BCUT2D eigenvalue weighted by molar-refractivity contribution is 0.415. The Hall–Kier alpha value is -3.26. The molecule has 0 radical (unpaired) electrons. The summed E-state index contributed by atoms with van der Waals surface area (Å²) >= 11 is 6.21. The van der Waals surface area contributed by atoms with Crippen LogP contribution in [0.3, 0.4) is 0 Å². The van der Waals surface area contributed by atoms with Crippen LogP contribution in [0.1, 0.15) is 11.3 Å². The van der Waals surface area contributed by atoms with Crippen LogP contribution in [-0.2, 0) is 20.0 Å². The van der Waals surface area contributed by atoms with E-state index in [4.69, 9.17) is 16.3 Å². The zero-order valence-electron chi connectivity index (χ0n) is 18.1. The summed E-state index contributed by atoms with van der Waals surface area (Å²) in [5.74, 6) is -0.226. The third kappa shape index (κ3) is 4.82. The Morgan fingerprint density at radius 2 is 1.79 bits per heavy atom. The largest absolute Gasteiger partial charge is 0.494 e. The summed E-state index contributed by atoms with van der Waals surface area (Å²) in [7, 11) is -6.85. The van der Waals surface area contributed by atoms with Crippen molar-refractivity contribution in [2.45, 2.75) is 23.6 Å². The maximum atomic E-state index is 12.1. The first-order valence-electron chi connectivity index (χ1n) is 9.34. The van der Waals surface area contributed by atoms with E-state index in [0.29, 0.717) is 5.56 Å². The van der Waals surface area contributed by atoms with Crippen molar-refractivity contribution >= 4 is 42.9 Å². The van der Waals surface area contributed by atoms with Gasteiger partial charge in [-0.3, -0.25) is 4.55 Å². The van der Waals surface area contributed by atoms with E-state index in [2.05, 4.69) is 21.9 Å². The SMILES string of the molecule is C=CS(=O)(=O)c1ccc(OC)c(N=Nc2c(C)nn(-c3c(C)cc(S(=O)(=O)O)cc3Cl)c2O)c1. The predicted octanol–water partition coefficient (Wildman–Crippen LogP) is 4.44. The van der Waals surface area contributed by atoms with Crippen LogP contribution < -0.4 is 4.74 Å². The molecule has 34 heavy (non-hydrogen) atoms. The van der Waals surface area contributed by atoms with Gasteiger partial charge < -0.3 is 9.84 Å². The van der Waals surface area contributed by atoms with Crippen LogP contribution >= 0.6 is 11.6 Å². The van der Waals surface area contributed by atoms with Crippen molar-refractivity contribution in [1.82, 2.24) is 9.78 Å². The molecule has 1 heterocycles. The minimum atomic E-state index is -4.49. The summed E-state index contributed by atoms with van der Waals surface area (Å²) in [5, 5.41) is 23.7. The van der Waals surface area contributed by atoms with Crippen LogP contribution in [-0.4, -0.2) is 43.4 Å². The van der Waals surface area contributed by atoms with Crippen LogP contribution in [0.5, 0.6) is 11.6 Å². The summed E-state index contributed by atoms with van der Waals surface area (Å²) < 4.78 is 62.6. The molecule has 0 spiro atoms. The van der Waals surface area contributed by atoms with E-state index in [1.165, 1.54) is 45.2 Å². The summed E-state index contributed by atoms with van der Waals surface area (Å²) in [6, 6.07) is 6.17. The Balaban J connectivity index is 2.11. The Labute approximate surface area is 200 Å². The van der Waals surface area contributed by atoms with E-state index in [-0.39, 0.29) is 38.4 Å². The quantitative estimate of drug-likeness (QED) is 0.337. The van der Waals surface area contributed by atoms with E-state index in [1.54, 1.807) is 0 Å². The van der Waals surface area contributed by atoms with Crippen molar-refractivity contribution in [2.24, 2.45) is 10.2 Å². The van der Waals surface area contributed by atoms with Gasteiger partial charge in [-0.2, -0.15) is 18.2 Å². The van der Waals surface area contributed by atoms with Gasteiger partial charge in [0.2, 0.25) is 5.88 Å². The molecule has 2 aromatic carbocycles. The van der Waals surface area contributed by atoms with E-state index in [1.807, 2.05) is 0 Å². The number of methoxy groups -OCH3 is 1. The fourth-order valence-corrected chi connectivity index (χ4v) is 4.76. The van der Waals surface area contributed by atoms with Crippen LogP contribution in [0.25, 0.3) is 5.69 Å². The van der Waals surface area contributed by atoms with Crippen LogP contribution in [0.2, 0.25) is 5.02 Å². The monoisotopic (exact) mass is 526 g/mol. The van der Waals surface area contributed by atoms with Gasteiger partial charge in [0.05, 0.1) is 33.3 Å². The van der Waals surface area contributed by atoms with Crippen molar-refractivity contribution in [1.29, 1.82) is 0 Å². The van der Waals surface area contributed by atoms with E-state index < -0.39 is 30.7 Å². The topological polar surface area (TPSA) is 161 Å². The fraction of sp³-hybridized carbons (Fsp3) is 0.150. The number of rotatable bonds is 7. The predicted molar refractivity (Wildman–Crippen MR) is 124 cm³/mol. The zero-order chi connectivity index (χ0) is 25.4. The highest BCUT2D eigenvalue weighted by Crippen LogP contribution is 2.39. The minimum absolute atomic E-state index is 0.0478. The number of benzene rings is 2. The Bertz CT molecular complexity index is 1520. The summed E-state index contributed by atoms with van der Waals surface area (Å²) in [4.78, 5) is -0.487. The Morgan fingerprint density at radius 1 is 1.12 bits per heavy atom. The zero-order valence-corrected chi connectivity index (χ0v) is 20.5. The molecule has 3 aromatic rings. The highest BCUT2D eigenvalue weighted by molar-refractivity contribution is 7.94. The van der Waals surface area contributed by atoms with Crippen molar-refractivity contribution in [3.8, 4) is 17.3 Å². The lowest BCUT2D eigenvalue weighted by Crippen LogP contribution is -2.04. The molecule has 0 saturated heterocycles. The summed E-state index contributed by atoms with van der Waals surface area (Å²) in [6.07, 6.45) is 0. The number of ether oxygens (including phenoxy) is 1. The number of aromatic nitrogens is 2. The van der Waals surface area contributed by atoms with E-state index >= 15 is 0 Å². The second-order valence-electron chi connectivity index (χ2n) is 6.96. The van der Waals surface area contributed by atoms with Crippen LogP contribution in [0.15, 0.2) is 62.3 Å². The first kappa shape index (κ1) is 25.4. The summed E-state index contributed by atoms with van der Waals surface area (Å²) in [6.45, 7) is 6.34. The van der Waals surface area contributed by atoms with Crippen molar-refractivity contribution < 1.29 is 31.2 Å². The number of nitrogens with zero attached hydrogens (tertiary/aromatic N) is 4. The van der Waals surface area contributed by atoms with Crippen molar-refractivity contribution in [3.05, 3.63) is 58.6 Å². The minimum Gasteiger partial charge on any atom is -0.494 e. The number of sulfone groups is 1. The first-order chi connectivity index (χ1) is 15.8. The second kappa shape index (κ2) is 9.18. The van der Waals surface area contributed by atoms with Crippen molar-refractivity contribution in [3.63, 3.8) is 0 Å². The molecule has 180 valence electrons. The van der Waals surface area contributed by atoms with Crippen molar-refractivity contribution in [2.75, 3.05) is 7.11 Å². The van der Waals surface area contributed by atoms with Crippen LogP contribution in [0.4, 0.5) is 11.4 Å². The molecule has 1 aromatic heterocycles. The molecule has 0 aliphatic carbocycles. The van der Waals surface area contributed by atoms with Gasteiger partial charge in [0.1, 0.15) is 11.4 Å². The highest BCUT2D eigenvalue weighted by atomic mass is 35.5. The maximum Gasteiger partial charge on any atom is 0.294 e. The number of aromatic hydroxyl groups is 1. The molecule has 0 aliphatic heterocycles. The first-order valence-corrected chi connectivity index (χ1v) is 12.7. The molecule has 0 saturated carbocycles. The van der Waals surface area contributed by atoms with Gasteiger partial charge in [0.25, 0.3) is 10.1 Å². The van der Waals surface area contributed by atoms with Gasteiger partial charge >= 0.3 is 0 Å². The average molecular weight is 527 g/mol. The number of aryl methyl sites for hydroxylation is 2. The molecule has 14 heteroatoms. The maximum absolute atomic E-state index is 12.1. The van der Waals surface area contributed by atoms with Crippen LogP contribution in [0, 0.1) is 13.8 Å². The molecule has 0 bridgehead atoms. The molecule has 11 nitrogen and oxygen atoms in total. The fourth-order valence-electron chi connectivity index (χ4n) is 3.03. The molecule has 0 fully saturated rings. The highest BCUT2D eigenvalue weighted by Gasteiger charge is 2.22. The van der Waals surface area contributed by atoms with Gasteiger partial charge in [-0.15, -0.1) is 10.2 Å². The lowest BCUT2D eigenvalue weighted by Gasteiger charge is -2.11. The molecule has 0 amide bonds. The van der Waals surface area contributed by atoms with E-state index in [0.717, 1.165) is 16.2 Å².